The number of ether oxygens (including phenoxy) is 1. The lowest BCUT2D eigenvalue weighted by molar-refractivity contribution is -0.117. The van der Waals surface area contributed by atoms with Gasteiger partial charge in [-0.25, -0.2) is 0 Å². The highest BCUT2D eigenvalue weighted by Gasteiger charge is 2.17. The van der Waals surface area contributed by atoms with Gasteiger partial charge in [0.2, 0.25) is 5.91 Å². The second-order valence-electron chi connectivity index (χ2n) is 4.18. The van der Waals surface area contributed by atoms with Crippen LogP contribution >= 0.6 is 24.2 Å². The van der Waals surface area contributed by atoms with E-state index in [9.17, 15) is 4.79 Å². The van der Waals surface area contributed by atoms with Crippen LogP contribution < -0.4 is 10.6 Å². The maximum Gasteiger partial charge on any atom is 0.226 e. The van der Waals surface area contributed by atoms with Gasteiger partial charge in [0.05, 0.1) is 18.9 Å². The Labute approximate surface area is 124 Å². The molecule has 1 atom stereocenters. The van der Waals surface area contributed by atoms with Gasteiger partial charge in [-0.2, -0.15) is 0 Å². The molecule has 0 aromatic heterocycles. The van der Waals surface area contributed by atoms with Gasteiger partial charge in [0.15, 0.2) is 0 Å². The summed E-state index contributed by atoms with van der Waals surface area (Å²) in [4.78, 5) is 13.0. The predicted molar refractivity (Wildman–Crippen MR) is 81.3 cm³/mol. The molecule has 1 aromatic rings. The molecule has 1 unspecified atom stereocenters. The van der Waals surface area contributed by atoms with Gasteiger partial charge in [0, 0.05) is 23.9 Å². The number of nitrogens with one attached hydrogen (secondary N) is 2. The summed E-state index contributed by atoms with van der Waals surface area (Å²) in [7, 11) is 0. The Morgan fingerprint density at radius 1 is 1.53 bits per heavy atom. The lowest BCUT2D eigenvalue weighted by Crippen LogP contribution is -2.43. The van der Waals surface area contributed by atoms with Crippen LogP contribution in [-0.4, -0.2) is 38.0 Å². The average Bonchev–Trinajstić information content (AvgIpc) is 2.40. The summed E-state index contributed by atoms with van der Waals surface area (Å²) in [5.41, 5.74) is 0.881. The Bertz CT molecular complexity index is 411. The third-order valence-corrected chi connectivity index (χ3v) is 3.61. The summed E-state index contributed by atoms with van der Waals surface area (Å²) in [6.45, 7) is 2.16. The molecule has 0 radical (unpaired) electrons. The van der Waals surface area contributed by atoms with E-state index >= 15 is 0 Å². The van der Waals surface area contributed by atoms with Crippen molar-refractivity contribution in [2.45, 2.75) is 17.4 Å². The van der Waals surface area contributed by atoms with E-state index in [2.05, 4.69) is 10.6 Å². The Kier molecular flexibility index (Phi) is 7.23. The van der Waals surface area contributed by atoms with Crippen LogP contribution in [0.2, 0.25) is 0 Å². The normalized spacial score (nSPS) is 18.5. The summed E-state index contributed by atoms with van der Waals surface area (Å²) in [6, 6.07) is 7.95. The third-order valence-electron chi connectivity index (χ3n) is 2.81. The molecule has 2 rings (SSSR count). The van der Waals surface area contributed by atoms with Gasteiger partial charge in [-0.15, -0.1) is 24.2 Å². The first kappa shape index (κ1) is 16.3. The molecule has 6 heteroatoms. The molecule has 1 aromatic carbocycles. The molecule has 0 spiro atoms. The first-order valence-corrected chi connectivity index (χ1v) is 7.26. The molecule has 1 heterocycles. The van der Waals surface area contributed by atoms with Crippen molar-refractivity contribution in [3.8, 4) is 0 Å². The highest BCUT2D eigenvalue weighted by Crippen LogP contribution is 2.24. The van der Waals surface area contributed by atoms with E-state index in [4.69, 9.17) is 4.74 Å². The molecule has 1 amide bonds. The molecule has 0 saturated carbocycles. The smallest absolute Gasteiger partial charge is 0.226 e. The molecule has 2 N–H and O–H groups in total. The monoisotopic (exact) mass is 302 g/mol. The third kappa shape index (κ3) is 5.03. The van der Waals surface area contributed by atoms with Gasteiger partial charge in [-0.1, -0.05) is 12.1 Å². The van der Waals surface area contributed by atoms with Crippen molar-refractivity contribution in [3.63, 3.8) is 0 Å². The highest BCUT2D eigenvalue weighted by molar-refractivity contribution is 7.98. The number of hydrogen-bond acceptors (Lipinski definition) is 4. The number of hydrogen-bond donors (Lipinski definition) is 2. The standard InChI is InChI=1S/C13H18N2O2S.ClH/c1-18-12-5-3-2-4-11(12)15-13(16)8-10-9-17-7-6-14-10;/h2-5,10,14H,6-9H2,1H3,(H,15,16);1H. The number of anilines is 1. The lowest BCUT2D eigenvalue weighted by atomic mass is 10.2. The second-order valence-corrected chi connectivity index (χ2v) is 5.03. The van der Waals surface area contributed by atoms with Crippen molar-refractivity contribution in [2.24, 2.45) is 0 Å². The minimum Gasteiger partial charge on any atom is -0.378 e. The van der Waals surface area contributed by atoms with E-state index < -0.39 is 0 Å². The first-order chi connectivity index (χ1) is 8.79. The fourth-order valence-electron chi connectivity index (χ4n) is 1.92. The highest BCUT2D eigenvalue weighted by atomic mass is 35.5. The molecule has 1 aliphatic rings. The molecule has 0 aliphatic carbocycles. The lowest BCUT2D eigenvalue weighted by Gasteiger charge is -2.23. The number of thioether (sulfide) groups is 1. The van der Waals surface area contributed by atoms with E-state index in [1.807, 2.05) is 30.5 Å². The zero-order valence-electron chi connectivity index (χ0n) is 10.8. The number of benzene rings is 1. The van der Waals surface area contributed by atoms with Gasteiger partial charge in [0.1, 0.15) is 0 Å². The van der Waals surface area contributed by atoms with Crippen LogP contribution in [0.25, 0.3) is 0 Å². The first-order valence-electron chi connectivity index (χ1n) is 6.03. The largest absolute Gasteiger partial charge is 0.378 e. The molecular formula is C13H19ClN2O2S. The van der Waals surface area contributed by atoms with Gasteiger partial charge < -0.3 is 15.4 Å². The fraction of sp³-hybridized carbons (Fsp3) is 0.462. The van der Waals surface area contributed by atoms with E-state index in [0.29, 0.717) is 13.0 Å². The number of carbonyl (C=O) groups excluding carboxylic acids is 1. The van der Waals surface area contributed by atoms with E-state index in [1.54, 1.807) is 11.8 Å². The van der Waals surface area contributed by atoms with Crippen molar-refractivity contribution in [3.05, 3.63) is 24.3 Å². The van der Waals surface area contributed by atoms with Gasteiger partial charge in [0.25, 0.3) is 0 Å². The van der Waals surface area contributed by atoms with E-state index in [1.165, 1.54) is 0 Å². The Hall–Kier alpha value is -0.750. The molecule has 1 aliphatic heterocycles. The van der Waals surface area contributed by atoms with Crippen molar-refractivity contribution in [1.82, 2.24) is 5.32 Å². The molecule has 4 nitrogen and oxygen atoms in total. The van der Waals surface area contributed by atoms with Gasteiger partial charge >= 0.3 is 0 Å². The van der Waals surface area contributed by atoms with Crippen LogP contribution in [0.3, 0.4) is 0 Å². The summed E-state index contributed by atoms with van der Waals surface area (Å²) in [5.74, 6) is 0.0273. The van der Waals surface area contributed by atoms with Crippen molar-refractivity contribution in [1.29, 1.82) is 0 Å². The summed E-state index contributed by atoms with van der Waals surface area (Å²) < 4.78 is 5.33. The summed E-state index contributed by atoms with van der Waals surface area (Å²) in [5, 5.41) is 6.23. The quantitative estimate of drug-likeness (QED) is 0.837. The molecule has 0 bridgehead atoms. The van der Waals surface area contributed by atoms with E-state index in [-0.39, 0.29) is 24.4 Å². The van der Waals surface area contributed by atoms with Crippen LogP contribution in [-0.2, 0) is 9.53 Å². The summed E-state index contributed by atoms with van der Waals surface area (Å²) in [6.07, 6.45) is 2.45. The van der Waals surface area contributed by atoms with Crippen LogP contribution in [0.1, 0.15) is 6.42 Å². The van der Waals surface area contributed by atoms with Crippen molar-refractivity contribution < 1.29 is 9.53 Å². The van der Waals surface area contributed by atoms with Crippen molar-refractivity contribution >= 4 is 35.8 Å². The number of halogens is 1. The minimum atomic E-state index is 0. The number of rotatable bonds is 4. The Morgan fingerprint density at radius 2 is 2.32 bits per heavy atom. The second kappa shape index (κ2) is 8.43. The van der Waals surface area contributed by atoms with Gasteiger partial charge in [-0.05, 0) is 18.4 Å². The fourth-order valence-corrected chi connectivity index (χ4v) is 2.48. The maximum absolute atomic E-state index is 11.9. The molecule has 1 saturated heterocycles. The number of morpholine rings is 1. The average molecular weight is 303 g/mol. The van der Waals surface area contributed by atoms with Gasteiger partial charge in [-0.3, -0.25) is 4.79 Å². The zero-order valence-corrected chi connectivity index (χ0v) is 12.5. The molecular weight excluding hydrogens is 284 g/mol. The predicted octanol–water partition coefficient (Wildman–Crippen LogP) is 2.15. The number of para-hydroxylation sites is 1. The molecule has 1 fully saturated rings. The number of carbonyl (C=O) groups is 1. The van der Waals surface area contributed by atoms with E-state index in [0.717, 1.165) is 23.7 Å². The molecule has 106 valence electrons. The van der Waals surface area contributed by atoms with Crippen LogP contribution in [0.4, 0.5) is 5.69 Å². The number of amides is 1. The maximum atomic E-state index is 11.9. The van der Waals surface area contributed by atoms with Crippen molar-refractivity contribution in [2.75, 3.05) is 31.3 Å². The summed E-state index contributed by atoms with van der Waals surface area (Å²) >= 11 is 1.63. The topological polar surface area (TPSA) is 50.4 Å². The van der Waals surface area contributed by atoms with Crippen LogP contribution in [0.5, 0.6) is 0 Å². The molecule has 19 heavy (non-hydrogen) atoms. The Balaban J connectivity index is 0.00000180. The Morgan fingerprint density at radius 3 is 3.00 bits per heavy atom. The van der Waals surface area contributed by atoms with Crippen LogP contribution in [0.15, 0.2) is 29.2 Å². The zero-order chi connectivity index (χ0) is 12.8. The SMILES string of the molecule is CSc1ccccc1NC(=O)CC1COCCN1.Cl. The van der Waals surface area contributed by atoms with Crippen LogP contribution in [0, 0.1) is 0 Å². The minimum absolute atomic E-state index is 0.